The second-order valence-electron chi connectivity index (χ2n) is 4.82. The third kappa shape index (κ3) is 1.86. The van der Waals surface area contributed by atoms with E-state index in [1.165, 1.54) is 16.0 Å². The van der Waals surface area contributed by atoms with E-state index >= 15 is 0 Å². The molecule has 3 unspecified atom stereocenters. The van der Waals surface area contributed by atoms with E-state index in [1.54, 1.807) is 0 Å². The largest absolute Gasteiger partial charge is 0.349 e. The normalized spacial score (nSPS) is 36.4. The lowest BCUT2D eigenvalue weighted by Crippen LogP contribution is -2.31. The molecule has 2 aliphatic heterocycles. The molecule has 0 aliphatic carbocycles. The van der Waals surface area contributed by atoms with Crippen molar-refractivity contribution in [3.05, 3.63) is 21.4 Å². The minimum atomic E-state index is -0.351. The monoisotopic (exact) mass is 270 g/mol. The van der Waals surface area contributed by atoms with Crippen LogP contribution in [0.2, 0.25) is 0 Å². The lowest BCUT2D eigenvalue weighted by Gasteiger charge is -2.21. The van der Waals surface area contributed by atoms with Gasteiger partial charge in [0.2, 0.25) is 0 Å². The smallest absolute Gasteiger partial charge is 0.179 e. The highest BCUT2D eigenvalue weighted by Crippen LogP contribution is 2.54. The second-order valence-corrected chi connectivity index (χ2v) is 7.05. The molecule has 4 heteroatoms. The molecule has 0 radical (unpaired) electrons. The Bertz CT molecular complexity index is 429. The van der Waals surface area contributed by atoms with Gasteiger partial charge in [0.25, 0.3) is 0 Å². The average Bonchev–Trinajstić information content (AvgIpc) is 2.89. The average molecular weight is 270 g/mol. The maximum Gasteiger partial charge on any atom is 0.179 e. The Kier molecular flexibility index (Phi) is 3.02. The molecule has 1 aromatic rings. The SMILES string of the molecule is CCc1scc(C2OC3(C)OCCC3S2)c1C. The van der Waals surface area contributed by atoms with Crippen molar-refractivity contribution in [2.24, 2.45) is 0 Å². The number of thiophene rings is 1. The fourth-order valence-electron chi connectivity index (χ4n) is 2.60. The van der Waals surface area contributed by atoms with Crippen LogP contribution in [-0.2, 0) is 15.9 Å². The Labute approximate surface area is 111 Å². The molecule has 0 amide bonds. The second kappa shape index (κ2) is 4.26. The summed E-state index contributed by atoms with van der Waals surface area (Å²) in [6.07, 6.45) is 2.23. The molecular weight excluding hydrogens is 252 g/mol. The molecule has 3 atom stereocenters. The Morgan fingerprint density at radius 3 is 3.00 bits per heavy atom. The third-order valence-corrected chi connectivity index (χ3v) is 6.58. The number of rotatable bonds is 2. The zero-order valence-corrected chi connectivity index (χ0v) is 12.1. The first-order valence-corrected chi connectivity index (χ1v) is 8.00. The van der Waals surface area contributed by atoms with Crippen LogP contribution in [0.5, 0.6) is 0 Å². The first-order chi connectivity index (χ1) is 8.14. The predicted molar refractivity (Wildman–Crippen MR) is 72.6 cm³/mol. The van der Waals surface area contributed by atoms with E-state index in [9.17, 15) is 0 Å². The van der Waals surface area contributed by atoms with Crippen LogP contribution in [0, 0.1) is 6.92 Å². The Morgan fingerprint density at radius 1 is 1.53 bits per heavy atom. The molecule has 2 fully saturated rings. The van der Waals surface area contributed by atoms with Crippen LogP contribution in [0.15, 0.2) is 5.38 Å². The van der Waals surface area contributed by atoms with Crippen molar-refractivity contribution in [1.82, 2.24) is 0 Å². The van der Waals surface area contributed by atoms with Gasteiger partial charge in [-0.05, 0) is 37.6 Å². The number of hydrogen-bond acceptors (Lipinski definition) is 4. The fourth-order valence-corrected chi connectivity index (χ4v) is 5.26. The van der Waals surface area contributed by atoms with Gasteiger partial charge in [-0.1, -0.05) is 6.92 Å². The van der Waals surface area contributed by atoms with E-state index in [0.717, 1.165) is 19.4 Å². The number of hydrogen-bond donors (Lipinski definition) is 0. The van der Waals surface area contributed by atoms with Gasteiger partial charge in [0.1, 0.15) is 5.44 Å². The maximum atomic E-state index is 6.14. The van der Waals surface area contributed by atoms with Gasteiger partial charge in [-0.15, -0.1) is 23.1 Å². The van der Waals surface area contributed by atoms with E-state index in [2.05, 4.69) is 26.2 Å². The van der Waals surface area contributed by atoms with E-state index in [1.807, 2.05) is 23.1 Å². The molecule has 2 saturated heterocycles. The highest BCUT2D eigenvalue weighted by molar-refractivity contribution is 8.00. The van der Waals surface area contributed by atoms with Gasteiger partial charge in [-0.25, -0.2) is 0 Å². The van der Waals surface area contributed by atoms with Crippen LogP contribution in [0.25, 0.3) is 0 Å². The van der Waals surface area contributed by atoms with Crippen molar-refractivity contribution in [2.45, 2.75) is 50.1 Å². The third-order valence-electron chi connectivity index (χ3n) is 3.74. The zero-order valence-electron chi connectivity index (χ0n) is 10.5. The van der Waals surface area contributed by atoms with Crippen LogP contribution in [-0.4, -0.2) is 17.6 Å². The van der Waals surface area contributed by atoms with Gasteiger partial charge in [0, 0.05) is 10.4 Å². The molecule has 94 valence electrons. The van der Waals surface area contributed by atoms with Gasteiger partial charge in [-0.2, -0.15) is 0 Å². The predicted octanol–water partition coefficient (Wildman–Crippen LogP) is 3.89. The van der Waals surface area contributed by atoms with E-state index < -0.39 is 0 Å². The van der Waals surface area contributed by atoms with E-state index in [4.69, 9.17) is 9.47 Å². The first-order valence-electron chi connectivity index (χ1n) is 6.18. The van der Waals surface area contributed by atoms with Gasteiger partial charge in [0.05, 0.1) is 11.9 Å². The number of aryl methyl sites for hydroxylation is 1. The van der Waals surface area contributed by atoms with Gasteiger partial charge in [-0.3, -0.25) is 0 Å². The zero-order chi connectivity index (χ0) is 12.0. The van der Waals surface area contributed by atoms with Crippen LogP contribution >= 0.6 is 23.1 Å². The minimum absolute atomic E-state index is 0.168. The fraction of sp³-hybridized carbons (Fsp3) is 0.692. The van der Waals surface area contributed by atoms with Crippen molar-refractivity contribution in [2.75, 3.05) is 6.61 Å². The van der Waals surface area contributed by atoms with E-state index in [0.29, 0.717) is 5.25 Å². The lowest BCUT2D eigenvalue weighted by molar-refractivity contribution is -0.192. The standard InChI is InChI=1S/C13H18O2S2/c1-4-10-8(2)9(7-16-10)12-15-13(3)11(17-12)5-6-14-13/h7,11-12H,4-6H2,1-3H3. The van der Waals surface area contributed by atoms with Crippen molar-refractivity contribution < 1.29 is 9.47 Å². The van der Waals surface area contributed by atoms with Crippen molar-refractivity contribution in [3.8, 4) is 0 Å². The first kappa shape index (κ1) is 12.0. The van der Waals surface area contributed by atoms with Crippen LogP contribution in [0.3, 0.4) is 0 Å². The Hall–Kier alpha value is -0.0300. The quantitative estimate of drug-likeness (QED) is 0.812. The van der Waals surface area contributed by atoms with Crippen LogP contribution in [0.1, 0.15) is 41.7 Å². The highest BCUT2D eigenvalue weighted by atomic mass is 32.2. The number of ether oxygens (including phenoxy) is 2. The summed E-state index contributed by atoms with van der Waals surface area (Å²) < 4.78 is 11.9. The molecule has 2 aliphatic rings. The summed E-state index contributed by atoms with van der Waals surface area (Å²) in [5.74, 6) is -0.351. The Balaban J connectivity index is 1.85. The molecule has 0 aromatic carbocycles. The summed E-state index contributed by atoms with van der Waals surface area (Å²) >= 11 is 3.79. The molecule has 17 heavy (non-hydrogen) atoms. The molecule has 0 N–H and O–H groups in total. The van der Waals surface area contributed by atoms with E-state index in [-0.39, 0.29) is 11.2 Å². The number of thioether (sulfide) groups is 1. The summed E-state index contributed by atoms with van der Waals surface area (Å²) in [5, 5.41) is 2.76. The van der Waals surface area contributed by atoms with Gasteiger partial charge < -0.3 is 9.47 Å². The molecule has 3 rings (SSSR count). The molecule has 0 saturated carbocycles. The molecule has 0 bridgehead atoms. The summed E-state index contributed by atoms with van der Waals surface area (Å²) in [4.78, 5) is 1.48. The summed E-state index contributed by atoms with van der Waals surface area (Å²) in [5.41, 5.74) is 2.94. The molecular formula is C13H18O2S2. The van der Waals surface area contributed by atoms with Gasteiger partial charge in [0.15, 0.2) is 5.79 Å². The van der Waals surface area contributed by atoms with Crippen molar-refractivity contribution >= 4 is 23.1 Å². The van der Waals surface area contributed by atoms with Crippen molar-refractivity contribution in [1.29, 1.82) is 0 Å². The maximum absolute atomic E-state index is 6.14. The van der Waals surface area contributed by atoms with Crippen molar-refractivity contribution in [3.63, 3.8) is 0 Å². The van der Waals surface area contributed by atoms with Gasteiger partial charge >= 0.3 is 0 Å². The number of fused-ring (bicyclic) bond motifs is 1. The molecule has 0 spiro atoms. The summed E-state index contributed by atoms with van der Waals surface area (Å²) in [6.45, 7) is 7.35. The van der Waals surface area contributed by atoms with Crippen LogP contribution in [0.4, 0.5) is 0 Å². The summed E-state index contributed by atoms with van der Waals surface area (Å²) in [6, 6.07) is 0. The Morgan fingerprint density at radius 2 is 2.35 bits per heavy atom. The van der Waals surface area contributed by atoms with Crippen LogP contribution < -0.4 is 0 Å². The topological polar surface area (TPSA) is 18.5 Å². The minimum Gasteiger partial charge on any atom is -0.349 e. The molecule has 3 heterocycles. The highest BCUT2D eigenvalue weighted by Gasteiger charge is 2.51. The molecule has 1 aromatic heterocycles. The molecule has 2 nitrogen and oxygen atoms in total. The summed E-state index contributed by atoms with van der Waals surface area (Å²) in [7, 11) is 0. The lowest BCUT2D eigenvalue weighted by atomic mass is 10.1.